The van der Waals surface area contributed by atoms with Gasteiger partial charge in [-0.15, -0.1) is 0 Å². The lowest BCUT2D eigenvalue weighted by molar-refractivity contribution is -0.132. The number of carbonyl (C=O) groups excluding carboxylic acids is 2. The zero-order valence-corrected chi connectivity index (χ0v) is 23.2. The van der Waals surface area contributed by atoms with E-state index in [1.54, 1.807) is 12.1 Å². The van der Waals surface area contributed by atoms with Gasteiger partial charge in [0.05, 0.1) is 23.8 Å². The number of rotatable bonds is 6. The van der Waals surface area contributed by atoms with E-state index in [2.05, 4.69) is 18.7 Å². The highest BCUT2D eigenvalue weighted by Crippen LogP contribution is 2.44. The summed E-state index contributed by atoms with van der Waals surface area (Å²) < 4.78 is 5.76. The molecule has 0 aliphatic carbocycles. The maximum Gasteiger partial charge on any atom is 0.300 e. The Hall–Kier alpha value is -4.26. The SMILES string of the molecule is CCN(CC)c1ccc(C2/C(=C(/O)c3ccc4c(c3)N(C)CCO4)C(=O)C(=O)N2c2cc(C)cc(C)c2)cc1. The van der Waals surface area contributed by atoms with E-state index >= 15 is 0 Å². The van der Waals surface area contributed by atoms with Crippen molar-refractivity contribution in [1.29, 1.82) is 0 Å². The molecule has 1 atom stereocenters. The van der Waals surface area contributed by atoms with E-state index in [9.17, 15) is 14.7 Å². The lowest BCUT2D eigenvalue weighted by Crippen LogP contribution is -2.29. The molecule has 202 valence electrons. The van der Waals surface area contributed by atoms with Crippen LogP contribution in [0.5, 0.6) is 5.75 Å². The average Bonchev–Trinajstić information content (AvgIpc) is 3.19. The summed E-state index contributed by atoms with van der Waals surface area (Å²) in [5.41, 5.74) is 5.79. The lowest BCUT2D eigenvalue weighted by Gasteiger charge is -2.28. The molecule has 2 aliphatic rings. The van der Waals surface area contributed by atoms with E-state index in [0.717, 1.165) is 46.9 Å². The van der Waals surface area contributed by atoms with Crippen molar-refractivity contribution in [2.24, 2.45) is 0 Å². The number of ether oxygens (including phenoxy) is 1. The first kappa shape index (κ1) is 26.4. The van der Waals surface area contributed by atoms with Crippen LogP contribution in [0.2, 0.25) is 0 Å². The smallest absolute Gasteiger partial charge is 0.300 e. The number of benzene rings is 3. The maximum atomic E-state index is 13.6. The zero-order valence-electron chi connectivity index (χ0n) is 23.2. The molecule has 0 saturated carbocycles. The fourth-order valence-electron chi connectivity index (χ4n) is 5.61. The average molecular weight is 526 g/mol. The second-order valence-corrected chi connectivity index (χ2v) is 10.2. The molecule has 0 spiro atoms. The van der Waals surface area contributed by atoms with Crippen molar-refractivity contribution < 1.29 is 19.4 Å². The summed E-state index contributed by atoms with van der Waals surface area (Å²) >= 11 is 0. The van der Waals surface area contributed by atoms with Crippen LogP contribution in [0.4, 0.5) is 17.1 Å². The molecule has 0 aromatic heterocycles. The number of amides is 1. The molecule has 1 unspecified atom stereocenters. The first-order chi connectivity index (χ1) is 18.7. The third-order valence-electron chi connectivity index (χ3n) is 7.59. The van der Waals surface area contributed by atoms with Gasteiger partial charge in [-0.3, -0.25) is 14.5 Å². The van der Waals surface area contributed by atoms with Crippen LogP contribution >= 0.6 is 0 Å². The number of nitrogens with zero attached hydrogens (tertiary/aromatic N) is 3. The van der Waals surface area contributed by atoms with Gasteiger partial charge in [0.1, 0.15) is 18.1 Å². The van der Waals surface area contributed by atoms with Gasteiger partial charge in [0.25, 0.3) is 11.7 Å². The second kappa shape index (κ2) is 10.5. The van der Waals surface area contributed by atoms with Gasteiger partial charge >= 0.3 is 0 Å². The topological polar surface area (TPSA) is 73.3 Å². The minimum absolute atomic E-state index is 0.0779. The molecule has 1 fully saturated rings. The molecule has 3 aromatic rings. The fourth-order valence-corrected chi connectivity index (χ4v) is 5.61. The van der Waals surface area contributed by atoms with Crippen molar-refractivity contribution in [1.82, 2.24) is 0 Å². The van der Waals surface area contributed by atoms with Crippen LogP contribution in [0.25, 0.3) is 5.76 Å². The van der Waals surface area contributed by atoms with Crippen LogP contribution in [-0.4, -0.2) is 50.1 Å². The molecule has 5 rings (SSSR count). The predicted octanol–water partition coefficient (Wildman–Crippen LogP) is 5.60. The van der Waals surface area contributed by atoms with Crippen molar-refractivity contribution in [2.75, 3.05) is 48.0 Å². The molecule has 2 heterocycles. The second-order valence-electron chi connectivity index (χ2n) is 10.2. The number of ketones is 1. The number of aliphatic hydroxyl groups excluding tert-OH is 1. The molecular formula is C32H35N3O4. The Balaban J connectivity index is 1.68. The Morgan fingerprint density at radius 2 is 1.64 bits per heavy atom. The van der Waals surface area contributed by atoms with Crippen LogP contribution in [0.15, 0.2) is 66.2 Å². The molecule has 1 N–H and O–H groups in total. The van der Waals surface area contributed by atoms with Crippen LogP contribution in [0.3, 0.4) is 0 Å². The third kappa shape index (κ3) is 4.73. The summed E-state index contributed by atoms with van der Waals surface area (Å²) in [4.78, 5) is 33.0. The quantitative estimate of drug-likeness (QED) is 0.256. The van der Waals surface area contributed by atoms with Gasteiger partial charge in [-0.25, -0.2) is 0 Å². The standard InChI is InChI=1S/C32H35N3O4/c1-6-34(7-2)24-11-8-22(9-12-24)29-28(30(36)23-10-13-27-26(19-23)33(5)14-15-39-27)31(37)32(38)35(29)25-17-20(3)16-21(4)18-25/h8-13,16-19,29,36H,6-7,14-15H2,1-5H3/b30-28-. The number of anilines is 3. The lowest BCUT2D eigenvalue weighted by atomic mass is 9.94. The molecule has 2 aliphatic heterocycles. The van der Waals surface area contributed by atoms with Gasteiger partial charge in [-0.2, -0.15) is 0 Å². The van der Waals surface area contributed by atoms with Gasteiger partial charge in [0.2, 0.25) is 0 Å². The van der Waals surface area contributed by atoms with E-state index in [1.165, 1.54) is 4.90 Å². The number of Topliss-reactive ketones (excluding diaryl/α,β-unsaturated/α-hetero) is 1. The number of fused-ring (bicyclic) bond motifs is 1. The van der Waals surface area contributed by atoms with Gasteiger partial charge < -0.3 is 19.6 Å². The summed E-state index contributed by atoms with van der Waals surface area (Å²) in [6, 6.07) is 18.3. The van der Waals surface area contributed by atoms with Crippen LogP contribution in [0, 0.1) is 13.8 Å². The predicted molar refractivity (Wildman–Crippen MR) is 156 cm³/mol. The molecule has 3 aromatic carbocycles. The van der Waals surface area contributed by atoms with Gasteiger partial charge in [0, 0.05) is 37.1 Å². The van der Waals surface area contributed by atoms with Gasteiger partial charge in [0.15, 0.2) is 0 Å². The number of aliphatic hydroxyl groups is 1. The molecule has 7 nitrogen and oxygen atoms in total. The number of aryl methyl sites for hydroxylation is 2. The molecule has 7 heteroatoms. The molecule has 1 amide bonds. The van der Waals surface area contributed by atoms with Crippen molar-refractivity contribution in [3.63, 3.8) is 0 Å². The number of hydrogen-bond acceptors (Lipinski definition) is 6. The highest BCUT2D eigenvalue weighted by Gasteiger charge is 2.47. The van der Waals surface area contributed by atoms with Gasteiger partial charge in [-0.1, -0.05) is 18.2 Å². The number of likely N-dealkylation sites (N-methyl/N-ethyl adjacent to an activating group) is 1. The van der Waals surface area contributed by atoms with Crippen LogP contribution in [0.1, 0.15) is 42.1 Å². The molecule has 0 radical (unpaired) electrons. The van der Waals surface area contributed by atoms with E-state index in [0.29, 0.717) is 24.4 Å². The summed E-state index contributed by atoms with van der Waals surface area (Å²) in [6.45, 7) is 11.2. The van der Waals surface area contributed by atoms with Crippen molar-refractivity contribution in [3.8, 4) is 5.75 Å². The Labute approximate surface area is 229 Å². The zero-order chi connectivity index (χ0) is 27.8. The summed E-state index contributed by atoms with van der Waals surface area (Å²) in [7, 11) is 1.96. The van der Waals surface area contributed by atoms with Crippen LogP contribution < -0.4 is 19.4 Å². The molecule has 0 bridgehead atoms. The van der Waals surface area contributed by atoms with E-state index in [4.69, 9.17) is 4.74 Å². The minimum atomic E-state index is -0.776. The summed E-state index contributed by atoms with van der Waals surface area (Å²) in [5, 5.41) is 11.6. The van der Waals surface area contributed by atoms with E-state index < -0.39 is 17.7 Å². The number of hydrogen-bond donors (Lipinski definition) is 1. The first-order valence-corrected chi connectivity index (χ1v) is 13.5. The first-order valence-electron chi connectivity index (χ1n) is 13.5. The highest BCUT2D eigenvalue weighted by atomic mass is 16.5. The Morgan fingerprint density at radius 1 is 0.974 bits per heavy atom. The maximum absolute atomic E-state index is 13.6. The third-order valence-corrected chi connectivity index (χ3v) is 7.59. The Morgan fingerprint density at radius 3 is 2.28 bits per heavy atom. The van der Waals surface area contributed by atoms with Crippen molar-refractivity contribution in [2.45, 2.75) is 33.7 Å². The van der Waals surface area contributed by atoms with Crippen molar-refractivity contribution >= 4 is 34.5 Å². The van der Waals surface area contributed by atoms with E-state index in [1.807, 2.05) is 74.3 Å². The highest BCUT2D eigenvalue weighted by molar-refractivity contribution is 6.51. The molecule has 1 saturated heterocycles. The largest absolute Gasteiger partial charge is 0.507 e. The van der Waals surface area contributed by atoms with Gasteiger partial charge in [-0.05, 0) is 86.8 Å². The molecule has 39 heavy (non-hydrogen) atoms. The normalized spacial score (nSPS) is 18.2. The Bertz CT molecular complexity index is 1440. The Kier molecular flexibility index (Phi) is 7.08. The number of carbonyl (C=O) groups is 2. The van der Waals surface area contributed by atoms with Crippen molar-refractivity contribution in [3.05, 3.63) is 88.5 Å². The van der Waals surface area contributed by atoms with E-state index in [-0.39, 0.29) is 11.3 Å². The summed E-state index contributed by atoms with van der Waals surface area (Å²) in [5.74, 6) is -0.830. The monoisotopic (exact) mass is 525 g/mol. The van der Waals surface area contributed by atoms with Crippen LogP contribution in [-0.2, 0) is 9.59 Å². The minimum Gasteiger partial charge on any atom is -0.507 e. The molecular weight excluding hydrogens is 490 g/mol. The summed E-state index contributed by atoms with van der Waals surface area (Å²) in [6.07, 6.45) is 0. The fraction of sp³-hybridized carbons (Fsp3) is 0.312.